The first-order valence-electron chi connectivity index (χ1n) is 22.5. The normalized spacial score (nSPS) is 16.3. The standard InChI is InChI=1S/C49H84N2O/c1-4-6-8-10-12-14-16-18-20-22-24-26-28-30-32-34-40-49(42-38-48(52-49)39-44-51(3)46-47-37-36-43-50-45-47)41-35-33-31-29-27-25-23-21-19-17-15-13-11-9-7-5-2/h12-15,18-21,36-37,43,45,48H,4-11,16-17,22-35,38-42,44,46H2,1-3H3/b14-12-,15-13-,20-18-,21-19-. The van der Waals surface area contributed by atoms with Crippen LogP contribution in [0.3, 0.4) is 0 Å². The predicted molar refractivity (Wildman–Crippen MR) is 230 cm³/mol. The smallest absolute Gasteiger partial charge is 0.0687 e. The Morgan fingerprint density at radius 2 is 1.13 bits per heavy atom. The number of unbranched alkanes of at least 4 members (excludes halogenated alkanes) is 18. The Morgan fingerprint density at radius 1 is 0.654 bits per heavy atom. The molecule has 0 saturated carbocycles. The van der Waals surface area contributed by atoms with Gasteiger partial charge in [-0.1, -0.05) is 158 Å². The van der Waals surface area contributed by atoms with Crippen LogP contribution in [0, 0.1) is 0 Å². The summed E-state index contributed by atoms with van der Waals surface area (Å²) < 4.78 is 7.03. The number of rotatable bonds is 35. The molecule has 0 aliphatic carbocycles. The topological polar surface area (TPSA) is 25.4 Å². The van der Waals surface area contributed by atoms with Gasteiger partial charge in [0.05, 0.1) is 11.7 Å². The molecule has 1 aromatic heterocycles. The minimum atomic E-state index is 0.136. The van der Waals surface area contributed by atoms with Gasteiger partial charge in [-0.25, -0.2) is 0 Å². The van der Waals surface area contributed by atoms with Crippen LogP contribution in [0.4, 0.5) is 0 Å². The minimum Gasteiger partial charge on any atom is -0.372 e. The molecule has 0 aromatic carbocycles. The summed E-state index contributed by atoms with van der Waals surface area (Å²) in [5.74, 6) is 0. The molecule has 0 bridgehead atoms. The zero-order chi connectivity index (χ0) is 37.1. The third kappa shape index (κ3) is 25.9. The average Bonchev–Trinajstić information content (AvgIpc) is 3.57. The van der Waals surface area contributed by atoms with Gasteiger partial charge in [-0.3, -0.25) is 4.98 Å². The van der Waals surface area contributed by atoms with Crippen molar-refractivity contribution in [2.24, 2.45) is 0 Å². The summed E-state index contributed by atoms with van der Waals surface area (Å²) in [6.07, 6.45) is 61.0. The van der Waals surface area contributed by atoms with Crippen LogP contribution in [-0.4, -0.2) is 35.2 Å². The molecule has 52 heavy (non-hydrogen) atoms. The van der Waals surface area contributed by atoms with E-state index in [1.165, 1.54) is 173 Å². The van der Waals surface area contributed by atoms with E-state index in [0.29, 0.717) is 6.10 Å². The molecular weight excluding hydrogens is 633 g/mol. The van der Waals surface area contributed by atoms with Crippen LogP contribution in [0.2, 0.25) is 0 Å². The fraction of sp³-hybridized carbons (Fsp3) is 0.735. The van der Waals surface area contributed by atoms with Gasteiger partial charge >= 0.3 is 0 Å². The predicted octanol–water partition coefficient (Wildman–Crippen LogP) is 15.2. The highest BCUT2D eigenvalue weighted by molar-refractivity contribution is 5.08. The van der Waals surface area contributed by atoms with Crippen molar-refractivity contribution < 1.29 is 4.74 Å². The van der Waals surface area contributed by atoms with Gasteiger partial charge in [0.25, 0.3) is 0 Å². The molecular formula is C49H84N2O. The highest BCUT2D eigenvalue weighted by atomic mass is 16.5. The van der Waals surface area contributed by atoms with E-state index in [1.807, 2.05) is 18.5 Å². The monoisotopic (exact) mass is 717 g/mol. The van der Waals surface area contributed by atoms with Gasteiger partial charge in [-0.05, 0) is 115 Å². The SMILES string of the molecule is CCCCC/C=C\C/C=C\CCCCCCCCC1(CCCCCCCC/C=C\C/C=C\CCCCC)CCC(CCN(C)Cc2cccnc2)O1. The van der Waals surface area contributed by atoms with Crippen molar-refractivity contribution in [1.29, 1.82) is 0 Å². The zero-order valence-electron chi connectivity index (χ0n) is 34.7. The van der Waals surface area contributed by atoms with Crippen molar-refractivity contribution in [3.05, 3.63) is 78.7 Å². The number of allylic oxidation sites excluding steroid dienone is 8. The molecule has 3 nitrogen and oxygen atoms in total. The highest BCUT2D eigenvalue weighted by Gasteiger charge is 2.38. The number of hydrogen-bond donors (Lipinski definition) is 0. The Kier molecular flexibility index (Phi) is 29.8. The van der Waals surface area contributed by atoms with Crippen LogP contribution in [0.15, 0.2) is 73.1 Å². The van der Waals surface area contributed by atoms with Gasteiger partial charge in [0.2, 0.25) is 0 Å². The van der Waals surface area contributed by atoms with Gasteiger partial charge < -0.3 is 9.64 Å². The fourth-order valence-corrected chi connectivity index (χ4v) is 7.71. The molecule has 3 heteroatoms. The molecule has 1 aliphatic heterocycles. The number of nitrogens with zero attached hydrogens (tertiary/aromatic N) is 2. The first kappa shape index (κ1) is 46.2. The van der Waals surface area contributed by atoms with Gasteiger partial charge in [0.1, 0.15) is 0 Å². The maximum absolute atomic E-state index is 7.03. The number of hydrogen-bond acceptors (Lipinski definition) is 3. The lowest BCUT2D eigenvalue weighted by Gasteiger charge is -2.30. The lowest BCUT2D eigenvalue weighted by molar-refractivity contribution is -0.0590. The van der Waals surface area contributed by atoms with E-state index >= 15 is 0 Å². The van der Waals surface area contributed by atoms with Crippen molar-refractivity contribution in [3.8, 4) is 0 Å². The molecule has 2 heterocycles. The van der Waals surface area contributed by atoms with Crippen molar-refractivity contribution in [3.63, 3.8) is 0 Å². The Balaban J connectivity index is 1.62. The molecule has 0 spiro atoms. The van der Waals surface area contributed by atoms with Crippen molar-refractivity contribution in [2.75, 3.05) is 13.6 Å². The molecule has 1 aromatic rings. The Labute approximate surface area is 324 Å². The van der Waals surface area contributed by atoms with Gasteiger partial charge in [0.15, 0.2) is 0 Å². The second kappa shape index (κ2) is 33.6. The molecule has 0 radical (unpaired) electrons. The van der Waals surface area contributed by atoms with Crippen molar-refractivity contribution in [2.45, 2.75) is 218 Å². The van der Waals surface area contributed by atoms with Gasteiger partial charge in [-0.2, -0.15) is 0 Å². The molecule has 1 unspecified atom stereocenters. The van der Waals surface area contributed by atoms with E-state index in [-0.39, 0.29) is 5.60 Å². The summed E-state index contributed by atoms with van der Waals surface area (Å²) in [6.45, 7) is 6.60. The van der Waals surface area contributed by atoms with Crippen LogP contribution in [-0.2, 0) is 11.3 Å². The summed E-state index contributed by atoms with van der Waals surface area (Å²) in [7, 11) is 2.24. The highest BCUT2D eigenvalue weighted by Crippen LogP contribution is 2.40. The molecule has 1 atom stereocenters. The van der Waals surface area contributed by atoms with E-state index in [9.17, 15) is 0 Å². The Morgan fingerprint density at radius 3 is 1.62 bits per heavy atom. The van der Waals surface area contributed by atoms with Crippen molar-refractivity contribution in [1.82, 2.24) is 9.88 Å². The molecule has 0 N–H and O–H groups in total. The van der Waals surface area contributed by atoms with Gasteiger partial charge in [-0.15, -0.1) is 0 Å². The summed E-state index contributed by atoms with van der Waals surface area (Å²) in [5.41, 5.74) is 1.43. The summed E-state index contributed by atoms with van der Waals surface area (Å²) in [6, 6.07) is 4.22. The zero-order valence-corrected chi connectivity index (χ0v) is 34.7. The maximum atomic E-state index is 7.03. The summed E-state index contributed by atoms with van der Waals surface area (Å²) in [4.78, 5) is 6.73. The average molecular weight is 717 g/mol. The second-order valence-corrected chi connectivity index (χ2v) is 16.0. The lowest BCUT2D eigenvalue weighted by atomic mass is 9.87. The Hall–Kier alpha value is -1.97. The number of ether oxygens (including phenoxy) is 1. The Bertz CT molecular complexity index is 979. The molecule has 296 valence electrons. The fourth-order valence-electron chi connectivity index (χ4n) is 7.71. The lowest BCUT2D eigenvalue weighted by Crippen LogP contribution is -2.30. The quantitative estimate of drug-likeness (QED) is 0.0516. The summed E-state index contributed by atoms with van der Waals surface area (Å²) in [5, 5.41) is 0. The first-order chi connectivity index (χ1) is 25.7. The van der Waals surface area contributed by atoms with Crippen LogP contribution >= 0.6 is 0 Å². The van der Waals surface area contributed by atoms with Crippen LogP contribution in [0.25, 0.3) is 0 Å². The third-order valence-electron chi connectivity index (χ3n) is 11.0. The van der Waals surface area contributed by atoms with Gasteiger partial charge in [0, 0.05) is 25.5 Å². The molecule has 2 rings (SSSR count). The maximum Gasteiger partial charge on any atom is 0.0687 e. The number of aromatic nitrogens is 1. The molecule has 1 saturated heterocycles. The van der Waals surface area contributed by atoms with Crippen LogP contribution in [0.1, 0.15) is 206 Å². The minimum absolute atomic E-state index is 0.136. The van der Waals surface area contributed by atoms with Crippen molar-refractivity contribution >= 4 is 0 Å². The van der Waals surface area contributed by atoms with Crippen LogP contribution < -0.4 is 0 Å². The van der Waals surface area contributed by atoms with E-state index in [4.69, 9.17) is 4.74 Å². The van der Waals surface area contributed by atoms with E-state index < -0.39 is 0 Å². The third-order valence-corrected chi connectivity index (χ3v) is 11.0. The van der Waals surface area contributed by atoms with E-state index in [0.717, 1.165) is 32.4 Å². The summed E-state index contributed by atoms with van der Waals surface area (Å²) >= 11 is 0. The first-order valence-corrected chi connectivity index (χ1v) is 22.5. The van der Waals surface area contributed by atoms with E-state index in [1.54, 1.807) is 0 Å². The number of pyridine rings is 1. The largest absolute Gasteiger partial charge is 0.372 e. The van der Waals surface area contributed by atoms with Crippen LogP contribution in [0.5, 0.6) is 0 Å². The second-order valence-electron chi connectivity index (χ2n) is 16.0. The molecule has 1 fully saturated rings. The van der Waals surface area contributed by atoms with E-state index in [2.05, 4.69) is 85.5 Å². The molecule has 0 amide bonds. The molecule has 1 aliphatic rings.